The Morgan fingerprint density at radius 3 is 1.85 bits per heavy atom. The second-order valence-corrected chi connectivity index (χ2v) is 4.43. The van der Waals surface area contributed by atoms with Crippen LogP contribution in [0.25, 0.3) is 0 Å². The normalized spacial score (nSPS) is 10.5. The molecule has 0 heterocycles. The molecule has 0 saturated carbocycles. The first-order chi connectivity index (χ1) is 9.63. The number of aliphatic hydroxyl groups excluding tert-OH is 1. The van der Waals surface area contributed by atoms with Gasteiger partial charge in [0.15, 0.2) is 0 Å². The Balaban J connectivity index is 0.000000345. The Morgan fingerprint density at radius 1 is 1.00 bits per heavy atom. The topological polar surface area (TPSA) is 46.2 Å². The lowest BCUT2D eigenvalue weighted by atomic mass is 10.1. The summed E-state index contributed by atoms with van der Waals surface area (Å²) in [6.07, 6.45) is 0. The molecule has 2 aromatic rings. The molecule has 2 aromatic carbocycles. The van der Waals surface area contributed by atoms with Crippen LogP contribution in [0.3, 0.4) is 0 Å². The quantitative estimate of drug-likeness (QED) is 0.864. The predicted octanol–water partition coefficient (Wildman–Crippen LogP) is 4.35. The van der Waals surface area contributed by atoms with Crippen LogP contribution in [0.2, 0.25) is 5.02 Å². The maximum atomic E-state index is 8.73. The first-order valence-electron chi connectivity index (χ1n) is 6.77. The largest absolute Gasteiger partial charge is 0.394 e. The number of rotatable bonds is 2. The summed E-state index contributed by atoms with van der Waals surface area (Å²) in [5.41, 5.74) is 7.79. The van der Waals surface area contributed by atoms with E-state index in [1.807, 2.05) is 75.4 Å². The van der Waals surface area contributed by atoms with Gasteiger partial charge in [0.2, 0.25) is 0 Å². The van der Waals surface area contributed by atoms with Gasteiger partial charge in [0.1, 0.15) is 0 Å². The van der Waals surface area contributed by atoms with Crippen molar-refractivity contribution >= 4 is 11.6 Å². The number of aryl methyl sites for hydroxylation is 1. The van der Waals surface area contributed by atoms with E-state index < -0.39 is 0 Å². The summed E-state index contributed by atoms with van der Waals surface area (Å²) in [6.45, 7) is 6.03. The molecule has 2 nitrogen and oxygen atoms in total. The lowest BCUT2D eigenvalue weighted by Crippen LogP contribution is -2.14. The van der Waals surface area contributed by atoms with Crippen molar-refractivity contribution in [1.82, 2.24) is 0 Å². The van der Waals surface area contributed by atoms with Crippen LogP contribution in [0.5, 0.6) is 0 Å². The second-order valence-electron chi connectivity index (χ2n) is 4.00. The van der Waals surface area contributed by atoms with Crippen LogP contribution in [-0.2, 0) is 0 Å². The highest BCUT2D eigenvalue weighted by Gasteiger charge is 2.01. The number of halogens is 1. The molecule has 20 heavy (non-hydrogen) atoms. The van der Waals surface area contributed by atoms with Crippen LogP contribution in [0, 0.1) is 6.92 Å². The fourth-order valence-corrected chi connectivity index (χ4v) is 1.48. The monoisotopic (exact) mass is 293 g/mol. The van der Waals surface area contributed by atoms with Crippen LogP contribution in [-0.4, -0.2) is 11.7 Å². The standard InChI is InChI=1S/C9H13NO.C6H5Cl.C2H6/c1-7-2-4-8(5-3-7)9(10)6-11;7-6-4-2-1-3-5-6;1-2/h2-5,9,11H,6,10H2,1H3;1-5H;1-2H3. The van der Waals surface area contributed by atoms with Crippen LogP contribution in [0.15, 0.2) is 54.6 Å². The number of nitrogens with two attached hydrogens (primary N) is 1. The molecule has 0 fully saturated rings. The Hall–Kier alpha value is -1.35. The molecule has 3 N–H and O–H groups in total. The van der Waals surface area contributed by atoms with Gasteiger partial charge in [0.25, 0.3) is 0 Å². The molecular weight excluding hydrogens is 270 g/mol. The van der Waals surface area contributed by atoms with Gasteiger partial charge in [-0.1, -0.05) is 73.5 Å². The maximum Gasteiger partial charge on any atom is 0.0624 e. The molecule has 0 bridgehead atoms. The van der Waals surface area contributed by atoms with Gasteiger partial charge in [0, 0.05) is 5.02 Å². The van der Waals surface area contributed by atoms with E-state index in [0.29, 0.717) is 0 Å². The van der Waals surface area contributed by atoms with Crippen molar-refractivity contribution in [3.8, 4) is 0 Å². The van der Waals surface area contributed by atoms with E-state index in [1.165, 1.54) is 5.56 Å². The van der Waals surface area contributed by atoms with E-state index in [1.54, 1.807) is 0 Å². The van der Waals surface area contributed by atoms with Crippen LogP contribution < -0.4 is 5.73 Å². The third kappa shape index (κ3) is 7.95. The average molecular weight is 294 g/mol. The maximum absolute atomic E-state index is 8.73. The number of aliphatic hydroxyl groups is 1. The molecule has 0 aliphatic heterocycles. The fourth-order valence-electron chi connectivity index (χ4n) is 1.33. The third-order valence-corrected chi connectivity index (χ3v) is 2.69. The van der Waals surface area contributed by atoms with Gasteiger partial charge in [0.05, 0.1) is 12.6 Å². The molecule has 0 amide bonds. The molecular formula is C17H24ClNO. The van der Waals surface area contributed by atoms with Gasteiger partial charge in [-0.3, -0.25) is 0 Å². The minimum atomic E-state index is -0.240. The van der Waals surface area contributed by atoms with Crippen molar-refractivity contribution in [3.63, 3.8) is 0 Å². The fraction of sp³-hybridized carbons (Fsp3) is 0.294. The van der Waals surface area contributed by atoms with Crippen molar-refractivity contribution < 1.29 is 5.11 Å². The summed E-state index contributed by atoms with van der Waals surface area (Å²) >= 11 is 5.54. The Bertz CT molecular complexity index is 442. The minimum Gasteiger partial charge on any atom is -0.394 e. The molecule has 1 atom stereocenters. The van der Waals surface area contributed by atoms with Gasteiger partial charge in [-0.2, -0.15) is 0 Å². The Labute approximate surface area is 127 Å². The zero-order valence-electron chi connectivity index (χ0n) is 12.4. The van der Waals surface area contributed by atoms with Gasteiger partial charge in [-0.15, -0.1) is 0 Å². The number of benzene rings is 2. The zero-order chi connectivity index (χ0) is 15.4. The van der Waals surface area contributed by atoms with Gasteiger partial charge in [-0.25, -0.2) is 0 Å². The highest BCUT2D eigenvalue weighted by molar-refractivity contribution is 6.30. The Kier molecular flexibility index (Phi) is 10.7. The van der Waals surface area contributed by atoms with E-state index in [2.05, 4.69) is 0 Å². The molecule has 0 aliphatic rings. The van der Waals surface area contributed by atoms with Crippen molar-refractivity contribution in [2.75, 3.05) is 6.61 Å². The molecule has 3 heteroatoms. The van der Waals surface area contributed by atoms with Crippen LogP contribution in [0.1, 0.15) is 31.0 Å². The summed E-state index contributed by atoms with van der Waals surface area (Å²) in [5, 5.41) is 9.53. The van der Waals surface area contributed by atoms with E-state index in [0.717, 1.165) is 10.6 Å². The van der Waals surface area contributed by atoms with Gasteiger partial charge >= 0.3 is 0 Å². The van der Waals surface area contributed by atoms with Crippen LogP contribution in [0.4, 0.5) is 0 Å². The summed E-state index contributed by atoms with van der Waals surface area (Å²) in [4.78, 5) is 0. The van der Waals surface area contributed by atoms with E-state index in [9.17, 15) is 0 Å². The SMILES string of the molecule is CC.Cc1ccc(C(N)CO)cc1.Clc1ccccc1. The molecule has 110 valence electrons. The molecule has 2 rings (SSSR count). The molecule has 0 spiro atoms. The first kappa shape index (κ1) is 18.7. The predicted molar refractivity (Wildman–Crippen MR) is 88.0 cm³/mol. The minimum absolute atomic E-state index is 0.00304. The lowest BCUT2D eigenvalue weighted by molar-refractivity contribution is 0.268. The molecule has 0 radical (unpaired) electrons. The molecule has 0 aromatic heterocycles. The molecule has 0 aliphatic carbocycles. The molecule has 1 unspecified atom stereocenters. The van der Waals surface area contributed by atoms with E-state index >= 15 is 0 Å². The highest BCUT2D eigenvalue weighted by atomic mass is 35.5. The van der Waals surface area contributed by atoms with Gasteiger partial charge in [-0.05, 0) is 24.6 Å². The summed E-state index contributed by atoms with van der Waals surface area (Å²) in [7, 11) is 0. The van der Waals surface area contributed by atoms with Gasteiger partial charge < -0.3 is 10.8 Å². The van der Waals surface area contributed by atoms with E-state index in [-0.39, 0.29) is 12.6 Å². The third-order valence-electron chi connectivity index (χ3n) is 2.44. The van der Waals surface area contributed by atoms with Crippen molar-refractivity contribution in [3.05, 3.63) is 70.7 Å². The average Bonchev–Trinajstić information content (AvgIpc) is 2.51. The van der Waals surface area contributed by atoms with Crippen molar-refractivity contribution in [2.45, 2.75) is 26.8 Å². The smallest absolute Gasteiger partial charge is 0.0624 e. The summed E-state index contributed by atoms with van der Waals surface area (Å²) in [6, 6.07) is 17.1. The number of hydrogen-bond acceptors (Lipinski definition) is 2. The Morgan fingerprint density at radius 2 is 1.50 bits per heavy atom. The van der Waals surface area contributed by atoms with E-state index in [4.69, 9.17) is 22.4 Å². The summed E-state index contributed by atoms with van der Waals surface area (Å²) < 4.78 is 0. The van der Waals surface area contributed by atoms with Crippen molar-refractivity contribution in [2.24, 2.45) is 5.73 Å². The lowest BCUT2D eigenvalue weighted by Gasteiger charge is -2.07. The number of hydrogen-bond donors (Lipinski definition) is 2. The first-order valence-corrected chi connectivity index (χ1v) is 7.15. The highest BCUT2D eigenvalue weighted by Crippen LogP contribution is 2.09. The van der Waals surface area contributed by atoms with Crippen molar-refractivity contribution in [1.29, 1.82) is 0 Å². The summed E-state index contributed by atoms with van der Waals surface area (Å²) in [5.74, 6) is 0. The molecule has 0 saturated heterocycles. The zero-order valence-corrected chi connectivity index (χ0v) is 13.1. The van der Waals surface area contributed by atoms with Crippen LogP contribution >= 0.6 is 11.6 Å². The second kappa shape index (κ2) is 11.5.